The van der Waals surface area contributed by atoms with E-state index in [1.54, 1.807) is 6.07 Å². The maximum atomic E-state index is 6.01. The van der Waals surface area contributed by atoms with E-state index in [1.165, 1.54) is 0 Å². The van der Waals surface area contributed by atoms with Gasteiger partial charge in [0.15, 0.2) is 5.82 Å². The summed E-state index contributed by atoms with van der Waals surface area (Å²) in [6.07, 6.45) is 0. The summed E-state index contributed by atoms with van der Waals surface area (Å²) in [5.74, 6) is 2.09. The smallest absolute Gasteiger partial charge is 0.224 e. The van der Waals surface area contributed by atoms with Gasteiger partial charge in [-0.2, -0.15) is 4.98 Å². The van der Waals surface area contributed by atoms with Gasteiger partial charge in [0.25, 0.3) is 0 Å². The monoisotopic (exact) mass is 306 g/mol. The molecule has 0 unspecified atom stereocenters. The predicted octanol–water partition coefficient (Wildman–Crippen LogP) is 4.58. The van der Waals surface area contributed by atoms with Crippen molar-refractivity contribution in [1.82, 2.24) is 9.97 Å². The molecule has 0 aliphatic heterocycles. The third-order valence-electron chi connectivity index (χ3n) is 2.91. The Bertz CT molecular complexity index is 603. The standard InChI is InChI=1S/C16H19ClN2O2/c1-4-20-10-15-18-14(17)9-16(19-15)21-13-8-6-5-7-12(13)11(2)3/h5-9,11H,4,10H2,1-3H3. The summed E-state index contributed by atoms with van der Waals surface area (Å²) in [4.78, 5) is 8.44. The molecule has 0 saturated heterocycles. The molecule has 2 aromatic rings. The van der Waals surface area contributed by atoms with Gasteiger partial charge in [0.1, 0.15) is 17.5 Å². The first kappa shape index (κ1) is 15.7. The van der Waals surface area contributed by atoms with Crippen LogP contribution >= 0.6 is 11.6 Å². The first-order valence-electron chi connectivity index (χ1n) is 6.98. The lowest BCUT2D eigenvalue weighted by atomic mass is 10.0. The zero-order chi connectivity index (χ0) is 15.2. The second-order valence-corrected chi connectivity index (χ2v) is 5.26. The lowest BCUT2D eigenvalue weighted by Gasteiger charge is -2.13. The molecular formula is C16H19ClN2O2. The largest absolute Gasteiger partial charge is 0.439 e. The van der Waals surface area contributed by atoms with Crippen molar-refractivity contribution in [2.45, 2.75) is 33.3 Å². The number of rotatable bonds is 6. The molecule has 0 N–H and O–H groups in total. The van der Waals surface area contributed by atoms with Crippen molar-refractivity contribution in [2.24, 2.45) is 0 Å². The van der Waals surface area contributed by atoms with Crippen molar-refractivity contribution in [1.29, 1.82) is 0 Å². The molecule has 1 heterocycles. The molecule has 0 radical (unpaired) electrons. The summed E-state index contributed by atoms with van der Waals surface area (Å²) < 4.78 is 11.2. The van der Waals surface area contributed by atoms with Crippen LogP contribution in [0.2, 0.25) is 5.15 Å². The fourth-order valence-electron chi connectivity index (χ4n) is 1.92. The van der Waals surface area contributed by atoms with Gasteiger partial charge in [-0.15, -0.1) is 0 Å². The molecular weight excluding hydrogens is 288 g/mol. The quantitative estimate of drug-likeness (QED) is 0.733. The van der Waals surface area contributed by atoms with Crippen LogP contribution in [-0.4, -0.2) is 16.6 Å². The van der Waals surface area contributed by atoms with Gasteiger partial charge in [-0.05, 0) is 24.5 Å². The Hall–Kier alpha value is -1.65. The molecule has 1 aromatic heterocycles. The summed E-state index contributed by atoms with van der Waals surface area (Å²) in [6.45, 7) is 7.08. The minimum atomic E-state index is 0.319. The van der Waals surface area contributed by atoms with Crippen molar-refractivity contribution in [3.05, 3.63) is 46.9 Å². The molecule has 0 fully saturated rings. The van der Waals surface area contributed by atoms with Crippen LogP contribution in [-0.2, 0) is 11.3 Å². The third kappa shape index (κ3) is 4.41. The summed E-state index contributed by atoms with van der Waals surface area (Å²) >= 11 is 6.01. The number of ether oxygens (including phenoxy) is 2. The van der Waals surface area contributed by atoms with E-state index in [4.69, 9.17) is 21.1 Å². The predicted molar refractivity (Wildman–Crippen MR) is 83.0 cm³/mol. The maximum Gasteiger partial charge on any atom is 0.224 e. The van der Waals surface area contributed by atoms with E-state index in [-0.39, 0.29) is 0 Å². The van der Waals surface area contributed by atoms with Gasteiger partial charge in [-0.3, -0.25) is 0 Å². The van der Waals surface area contributed by atoms with E-state index in [9.17, 15) is 0 Å². The molecule has 21 heavy (non-hydrogen) atoms. The number of hydrogen-bond acceptors (Lipinski definition) is 4. The van der Waals surface area contributed by atoms with Gasteiger partial charge in [-0.1, -0.05) is 43.6 Å². The van der Waals surface area contributed by atoms with Crippen molar-refractivity contribution in [3.8, 4) is 11.6 Å². The molecule has 0 aliphatic rings. The van der Waals surface area contributed by atoms with Gasteiger partial charge < -0.3 is 9.47 Å². The minimum Gasteiger partial charge on any atom is -0.439 e. The lowest BCUT2D eigenvalue weighted by Crippen LogP contribution is -2.02. The fraction of sp³-hybridized carbons (Fsp3) is 0.375. The molecule has 5 heteroatoms. The number of nitrogens with zero attached hydrogens (tertiary/aromatic N) is 2. The molecule has 112 valence electrons. The van der Waals surface area contributed by atoms with E-state index < -0.39 is 0 Å². The summed E-state index contributed by atoms with van der Waals surface area (Å²) in [5.41, 5.74) is 1.12. The number of halogens is 1. The highest BCUT2D eigenvalue weighted by Crippen LogP contribution is 2.30. The van der Waals surface area contributed by atoms with Crippen molar-refractivity contribution < 1.29 is 9.47 Å². The normalized spacial score (nSPS) is 10.9. The maximum absolute atomic E-state index is 6.01. The van der Waals surface area contributed by atoms with Gasteiger partial charge in [0.05, 0.1) is 0 Å². The third-order valence-corrected chi connectivity index (χ3v) is 3.10. The second kappa shape index (κ2) is 7.38. The van der Waals surface area contributed by atoms with Crippen LogP contribution in [0.3, 0.4) is 0 Å². The Morgan fingerprint density at radius 3 is 2.67 bits per heavy atom. The highest BCUT2D eigenvalue weighted by atomic mass is 35.5. The van der Waals surface area contributed by atoms with E-state index >= 15 is 0 Å². The van der Waals surface area contributed by atoms with Crippen LogP contribution in [0, 0.1) is 0 Å². The Balaban J connectivity index is 2.25. The highest BCUT2D eigenvalue weighted by molar-refractivity contribution is 6.29. The van der Waals surface area contributed by atoms with Crippen molar-refractivity contribution in [3.63, 3.8) is 0 Å². The molecule has 0 saturated carbocycles. The van der Waals surface area contributed by atoms with Crippen LogP contribution in [0.5, 0.6) is 11.6 Å². The Labute approximate surface area is 130 Å². The zero-order valence-electron chi connectivity index (χ0n) is 12.5. The van der Waals surface area contributed by atoms with Gasteiger partial charge in [-0.25, -0.2) is 4.98 Å². The highest BCUT2D eigenvalue weighted by Gasteiger charge is 2.10. The average molecular weight is 307 g/mol. The SMILES string of the molecule is CCOCc1nc(Cl)cc(Oc2ccccc2C(C)C)n1. The zero-order valence-corrected chi connectivity index (χ0v) is 13.2. The topological polar surface area (TPSA) is 44.2 Å². The van der Waals surface area contributed by atoms with Gasteiger partial charge in [0, 0.05) is 12.7 Å². The fourth-order valence-corrected chi connectivity index (χ4v) is 2.11. The Morgan fingerprint density at radius 1 is 1.19 bits per heavy atom. The minimum absolute atomic E-state index is 0.319. The first-order chi connectivity index (χ1) is 10.1. The van der Waals surface area contributed by atoms with Gasteiger partial charge in [0.2, 0.25) is 5.88 Å². The van der Waals surface area contributed by atoms with Gasteiger partial charge >= 0.3 is 0 Å². The van der Waals surface area contributed by atoms with E-state index in [2.05, 4.69) is 23.8 Å². The van der Waals surface area contributed by atoms with E-state index in [0.717, 1.165) is 11.3 Å². The Morgan fingerprint density at radius 2 is 1.95 bits per heavy atom. The van der Waals surface area contributed by atoms with Crippen LogP contribution < -0.4 is 4.74 Å². The first-order valence-corrected chi connectivity index (χ1v) is 7.36. The van der Waals surface area contributed by atoms with Crippen LogP contribution in [0.4, 0.5) is 0 Å². The number of aromatic nitrogens is 2. The van der Waals surface area contributed by atoms with Crippen LogP contribution in [0.1, 0.15) is 38.1 Å². The van der Waals surface area contributed by atoms with E-state index in [0.29, 0.717) is 36.0 Å². The van der Waals surface area contributed by atoms with Crippen LogP contribution in [0.25, 0.3) is 0 Å². The van der Waals surface area contributed by atoms with Crippen molar-refractivity contribution >= 4 is 11.6 Å². The molecule has 1 aromatic carbocycles. The summed E-state index contributed by atoms with van der Waals surface area (Å²) in [7, 11) is 0. The number of hydrogen-bond donors (Lipinski definition) is 0. The van der Waals surface area contributed by atoms with Crippen LogP contribution in [0.15, 0.2) is 30.3 Å². The molecule has 0 atom stereocenters. The molecule has 0 spiro atoms. The Kier molecular flexibility index (Phi) is 5.53. The van der Waals surface area contributed by atoms with Crippen molar-refractivity contribution in [2.75, 3.05) is 6.61 Å². The molecule has 4 nitrogen and oxygen atoms in total. The summed E-state index contributed by atoms with van der Waals surface area (Å²) in [6, 6.07) is 9.51. The summed E-state index contributed by atoms with van der Waals surface area (Å²) in [5, 5.41) is 0.344. The second-order valence-electron chi connectivity index (χ2n) is 4.88. The number of benzene rings is 1. The molecule has 0 amide bonds. The molecule has 0 bridgehead atoms. The average Bonchev–Trinajstić information content (AvgIpc) is 2.45. The lowest BCUT2D eigenvalue weighted by molar-refractivity contribution is 0.128. The molecule has 2 rings (SSSR count). The molecule has 0 aliphatic carbocycles. The number of para-hydroxylation sites is 1. The van der Waals surface area contributed by atoms with E-state index in [1.807, 2.05) is 31.2 Å².